The number of hydrogen-bond donors (Lipinski definition) is 1. The average molecular weight is 365 g/mol. The largest absolute Gasteiger partial charge is 0.370 e. The molecule has 18 heavy (non-hydrogen) atoms. The highest BCUT2D eigenvalue weighted by Crippen LogP contribution is 2.43. The molecule has 1 saturated heterocycles. The monoisotopic (exact) mass is 365 g/mol. The highest BCUT2D eigenvalue weighted by molar-refractivity contribution is 14.0. The molecule has 1 aliphatic heterocycles. The third-order valence-electron chi connectivity index (χ3n) is 4.72. The van der Waals surface area contributed by atoms with Crippen LogP contribution in [0.1, 0.15) is 52.4 Å². The number of nitrogens with two attached hydrogens (primary N) is 1. The Bertz CT molecular complexity index is 281. The molecule has 2 fully saturated rings. The van der Waals surface area contributed by atoms with E-state index in [4.69, 9.17) is 5.73 Å². The Balaban J connectivity index is 0.00000162. The lowest BCUT2D eigenvalue weighted by atomic mass is 9.67. The van der Waals surface area contributed by atoms with E-state index in [1.807, 2.05) is 0 Å². The fourth-order valence-corrected chi connectivity index (χ4v) is 3.05. The molecule has 0 aromatic rings. The molecule has 2 rings (SSSR count). The zero-order valence-electron chi connectivity index (χ0n) is 11.8. The number of halogens is 1. The van der Waals surface area contributed by atoms with E-state index >= 15 is 0 Å². The Morgan fingerprint density at radius 1 is 1.39 bits per heavy atom. The van der Waals surface area contributed by atoms with E-state index < -0.39 is 0 Å². The van der Waals surface area contributed by atoms with E-state index in [0.717, 1.165) is 31.5 Å². The van der Waals surface area contributed by atoms with Crippen LogP contribution in [0.25, 0.3) is 0 Å². The zero-order valence-corrected chi connectivity index (χ0v) is 14.2. The standard InChI is InChI=1S/C14H27N3.HI/c1-3-14(7-5-8-14)11-16-13(15)17-9-4-6-12(2)10-17;/h12H,3-11H2,1-2H3,(H2,15,16);1H. The molecule has 1 aliphatic carbocycles. The number of likely N-dealkylation sites (tertiary alicyclic amines) is 1. The van der Waals surface area contributed by atoms with Crippen molar-refractivity contribution in [2.75, 3.05) is 19.6 Å². The molecule has 1 heterocycles. The molecule has 2 aliphatic rings. The predicted octanol–water partition coefficient (Wildman–Crippen LogP) is 3.23. The van der Waals surface area contributed by atoms with Gasteiger partial charge in [-0.1, -0.05) is 20.3 Å². The van der Waals surface area contributed by atoms with Crippen molar-refractivity contribution in [1.82, 2.24) is 4.90 Å². The first-order chi connectivity index (χ1) is 8.15. The third-order valence-corrected chi connectivity index (χ3v) is 4.72. The van der Waals surface area contributed by atoms with Gasteiger partial charge in [-0.2, -0.15) is 0 Å². The maximum Gasteiger partial charge on any atom is 0.191 e. The Labute approximate surface area is 129 Å². The summed E-state index contributed by atoms with van der Waals surface area (Å²) in [5, 5.41) is 0. The summed E-state index contributed by atoms with van der Waals surface area (Å²) < 4.78 is 0. The van der Waals surface area contributed by atoms with Gasteiger partial charge in [-0.25, -0.2) is 0 Å². The van der Waals surface area contributed by atoms with Crippen molar-refractivity contribution in [2.24, 2.45) is 22.1 Å². The van der Waals surface area contributed by atoms with Crippen LogP contribution >= 0.6 is 24.0 Å². The van der Waals surface area contributed by atoms with Crippen LogP contribution in [0.3, 0.4) is 0 Å². The first kappa shape index (κ1) is 16.1. The molecular formula is C14H28IN3. The van der Waals surface area contributed by atoms with Gasteiger partial charge >= 0.3 is 0 Å². The van der Waals surface area contributed by atoms with Crippen LogP contribution in [0, 0.1) is 11.3 Å². The van der Waals surface area contributed by atoms with Gasteiger partial charge in [0.2, 0.25) is 0 Å². The van der Waals surface area contributed by atoms with Gasteiger partial charge in [0, 0.05) is 19.6 Å². The predicted molar refractivity (Wildman–Crippen MR) is 88.5 cm³/mol. The van der Waals surface area contributed by atoms with Gasteiger partial charge in [0.25, 0.3) is 0 Å². The summed E-state index contributed by atoms with van der Waals surface area (Å²) in [4.78, 5) is 6.94. The van der Waals surface area contributed by atoms with Crippen molar-refractivity contribution in [3.8, 4) is 0 Å². The molecule has 4 heteroatoms. The lowest BCUT2D eigenvalue weighted by Gasteiger charge is -2.40. The van der Waals surface area contributed by atoms with Gasteiger partial charge in [-0.15, -0.1) is 24.0 Å². The van der Waals surface area contributed by atoms with Gasteiger partial charge in [-0.05, 0) is 43.4 Å². The molecule has 1 atom stereocenters. The minimum Gasteiger partial charge on any atom is -0.370 e. The highest BCUT2D eigenvalue weighted by atomic mass is 127. The quantitative estimate of drug-likeness (QED) is 0.474. The molecule has 0 spiro atoms. The van der Waals surface area contributed by atoms with E-state index in [-0.39, 0.29) is 24.0 Å². The van der Waals surface area contributed by atoms with E-state index in [9.17, 15) is 0 Å². The number of rotatable bonds is 3. The molecule has 106 valence electrons. The van der Waals surface area contributed by atoms with E-state index in [1.165, 1.54) is 38.5 Å². The second-order valence-corrected chi connectivity index (χ2v) is 6.07. The van der Waals surface area contributed by atoms with E-state index in [1.54, 1.807) is 0 Å². The van der Waals surface area contributed by atoms with Gasteiger partial charge in [0.05, 0.1) is 0 Å². The molecule has 0 radical (unpaired) electrons. The van der Waals surface area contributed by atoms with Gasteiger partial charge in [0.1, 0.15) is 0 Å². The maximum absolute atomic E-state index is 6.13. The summed E-state index contributed by atoms with van der Waals surface area (Å²) in [6.45, 7) is 7.72. The summed E-state index contributed by atoms with van der Waals surface area (Å²) in [5.41, 5.74) is 6.62. The minimum absolute atomic E-state index is 0. The minimum atomic E-state index is 0. The van der Waals surface area contributed by atoms with Crippen LogP contribution in [-0.4, -0.2) is 30.5 Å². The van der Waals surface area contributed by atoms with E-state index in [0.29, 0.717) is 5.41 Å². The topological polar surface area (TPSA) is 41.6 Å². The second kappa shape index (κ2) is 6.96. The van der Waals surface area contributed by atoms with Gasteiger partial charge in [0.15, 0.2) is 5.96 Å². The number of aliphatic imine (C=N–C) groups is 1. The highest BCUT2D eigenvalue weighted by Gasteiger charge is 2.34. The van der Waals surface area contributed by atoms with Crippen LogP contribution in [0.4, 0.5) is 0 Å². The van der Waals surface area contributed by atoms with Crippen molar-refractivity contribution in [3.05, 3.63) is 0 Å². The Hall–Kier alpha value is 0. The van der Waals surface area contributed by atoms with Crippen molar-refractivity contribution in [2.45, 2.75) is 52.4 Å². The van der Waals surface area contributed by atoms with Crippen molar-refractivity contribution < 1.29 is 0 Å². The number of nitrogens with zero attached hydrogens (tertiary/aromatic N) is 2. The van der Waals surface area contributed by atoms with Crippen molar-refractivity contribution >= 4 is 29.9 Å². The molecule has 1 unspecified atom stereocenters. The molecular weight excluding hydrogens is 337 g/mol. The third kappa shape index (κ3) is 3.75. The van der Waals surface area contributed by atoms with Gasteiger partial charge in [-0.3, -0.25) is 4.99 Å². The average Bonchev–Trinajstić information content (AvgIpc) is 2.28. The Kier molecular flexibility index (Phi) is 6.21. The number of piperidine rings is 1. The molecule has 0 aromatic carbocycles. The lowest BCUT2D eigenvalue weighted by Crippen LogP contribution is -2.44. The summed E-state index contributed by atoms with van der Waals surface area (Å²) >= 11 is 0. The Morgan fingerprint density at radius 3 is 2.61 bits per heavy atom. The number of guanidine groups is 1. The smallest absolute Gasteiger partial charge is 0.191 e. The van der Waals surface area contributed by atoms with Crippen LogP contribution in [0.5, 0.6) is 0 Å². The maximum atomic E-state index is 6.13. The fraction of sp³-hybridized carbons (Fsp3) is 0.929. The molecule has 0 bridgehead atoms. The zero-order chi connectivity index (χ0) is 12.3. The Morgan fingerprint density at radius 2 is 2.11 bits per heavy atom. The van der Waals surface area contributed by atoms with Crippen molar-refractivity contribution in [1.29, 1.82) is 0 Å². The van der Waals surface area contributed by atoms with Crippen LogP contribution in [0.15, 0.2) is 4.99 Å². The second-order valence-electron chi connectivity index (χ2n) is 6.07. The lowest BCUT2D eigenvalue weighted by molar-refractivity contribution is 0.138. The van der Waals surface area contributed by atoms with Crippen LogP contribution in [0.2, 0.25) is 0 Å². The summed E-state index contributed by atoms with van der Waals surface area (Å²) in [7, 11) is 0. The van der Waals surface area contributed by atoms with Crippen molar-refractivity contribution in [3.63, 3.8) is 0 Å². The summed E-state index contributed by atoms with van der Waals surface area (Å²) in [5.74, 6) is 1.55. The SMILES string of the molecule is CCC1(CN=C(N)N2CCCC(C)C2)CCC1.I. The molecule has 2 N–H and O–H groups in total. The molecule has 0 amide bonds. The van der Waals surface area contributed by atoms with Crippen LogP contribution in [-0.2, 0) is 0 Å². The fourth-order valence-electron chi connectivity index (χ4n) is 3.05. The summed E-state index contributed by atoms with van der Waals surface area (Å²) in [6.07, 6.45) is 7.91. The molecule has 1 saturated carbocycles. The van der Waals surface area contributed by atoms with Gasteiger partial charge < -0.3 is 10.6 Å². The molecule has 0 aromatic heterocycles. The first-order valence-electron chi connectivity index (χ1n) is 7.20. The molecule has 3 nitrogen and oxygen atoms in total. The normalized spacial score (nSPS) is 27.3. The van der Waals surface area contributed by atoms with Crippen LogP contribution < -0.4 is 5.73 Å². The first-order valence-corrected chi connectivity index (χ1v) is 7.20. The van der Waals surface area contributed by atoms with E-state index in [2.05, 4.69) is 23.7 Å². The number of hydrogen-bond acceptors (Lipinski definition) is 1. The summed E-state index contributed by atoms with van der Waals surface area (Å²) in [6, 6.07) is 0.